The molecule has 2 aromatic carbocycles. The predicted octanol–water partition coefficient (Wildman–Crippen LogP) is 3.68. The molecule has 0 spiro atoms. The Morgan fingerprint density at radius 1 is 1.00 bits per heavy atom. The fraction of sp³-hybridized carbons (Fsp3) is 0.333. The quantitative estimate of drug-likeness (QED) is 0.744. The van der Waals surface area contributed by atoms with Gasteiger partial charge in [-0.2, -0.15) is 0 Å². The molecule has 0 atom stereocenters. The Kier molecular flexibility index (Phi) is 5.44. The van der Waals surface area contributed by atoms with E-state index in [0.717, 1.165) is 9.14 Å². The molecule has 0 bridgehead atoms. The van der Waals surface area contributed by atoms with Crippen molar-refractivity contribution in [3.05, 3.63) is 47.3 Å². The van der Waals surface area contributed by atoms with Crippen molar-refractivity contribution < 1.29 is 19.0 Å². The van der Waals surface area contributed by atoms with Gasteiger partial charge in [0.05, 0.1) is 0 Å². The van der Waals surface area contributed by atoms with Gasteiger partial charge < -0.3 is 0 Å². The molecule has 0 amide bonds. The Hall–Kier alpha value is -1.43. The molecule has 23 heavy (non-hydrogen) atoms. The first-order valence-corrected chi connectivity index (χ1v) is 17.5. The van der Waals surface area contributed by atoms with Crippen molar-refractivity contribution >= 4 is 22.0 Å². The first-order chi connectivity index (χ1) is 10.8. The van der Waals surface area contributed by atoms with E-state index < -0.39 is 18.4 Å². The molecule has 0 aromatic heterocycles. The van der Waals surface area contributed by atoms with Crippen LogP contribution in [0, 0.1) is 5.82 Å². The minimum atomic E-state index is -2.42. The summed E-state index contributed by atoms with van der Waals surface area (Å²) >= 11 is -2.42. The number of hydrogen-bond acceptors (Lipinski definition) is 3. The molecule has 0 heterocycles. The van der Waals surface area contributed by atoms with Gasteiger partial charge in [-0.1, -0.05) is 0 Å². The monoisotopic (exact) mass is 426 g/mol. The van der Waals surface area contributed by atoms with E-state index in [2.05, 4.69) is 14.8 Å². The fourth-order valence-corrected chi connectivity index (χ4v) is 5.65. The second kappa shape index (κ2) is 6.99. The van der Waals surface area contributed by atoms with Crippen molar-refractivity contribution in [2.45, 2.75) is 21.2 Å². The number of phenolic OH excluding ortho intramolecular Hbond substituents is 1. The van der Waals surface area contributed by atoms with Crippen LogP contribution in [0.15, 0.2) is 30.3 Å². The summed E-state index contributed by atoms with van der Waals surface area (Å²) in [5.74, 6) is 0.897. The van der Waals surface area contributed by atoms with Crippen molar-refractivity contribution in [1.29, 1.82) is 0 Å². The van der Waals surface area contributed by atoms with Gasteiger partial charge in [-0.3, -0.25) is 0 Å². The van der Waals surface area contributed by atoms with Gasteiger partial charge in [-0.25, -0.2) is 0 Å². The van der Waals surface area contributed by atoms with Crippen LogP contribution in [0.3, 0.4) is 0 Å². The zero-order valence-electron chi connectivity index (χ0n) is 14.2. The topological polar surface area (TPSA) is 38.7 Å². The van der Waals surface area contributed by atoms with Crippen LogP contribution in [0.25, 0.3) is 0 Å². The second-order valence-corrected chi connectivity index (χ2v) is 21.1. The summed E-state index contributed by atoms with van der Waals surface area (Å²) in [7, 11) is 3.13. The van der Waals surface area contributed by atoms with Gasteiger partial charge in [0.15, 0.2) is 0 Å². The van der Waals surface area contributed by atoms with E-state index in [1.807, 2.05) is 6.07 Å². The van der Waals surface area contributed by atoms with Crippen LogP contribution in [-0.2, 0) is 6.42 Å². The number of ether oxygens (including phenoxy) is 2. The SMILES string of the molecule is COc1ccc(Cc2c(O)c[c]([Sn]([CH3])([CH3])[CH3])cc2F)cc1OC. The van der Waals surface area contributed by atoms with Crippen LogP contribution in [-0.4, -0.2) is 37.7 Å². The third-order valence-electron chi connectivity index (χ3n) is 3.87. The maximum absolute atomic E-state index is 14.5. The van der Waals surface area contributed by atoms with Crippen LogP contribution in [0.1, 0.15) is 11.1 Å². The van der Waals surface area contributed by atoms with Crippen molar-refractivity contribution in [2.24, 2.45) is 0 Å². The van der Waals surface area contributed by atoms with Crippen LogP contribution in [0.2, 0.25) is 14.8 Å². The molecule has 0 unspecified atom stereocenters. The van der Waals surface area contributed by atoms with Crippen LogP contribution in [0.5, 0.6) is 17.2 Å². The van der Waals surface area contributed by atoms with Crippen molar-refractivity contribution in [1.82, 2.24) is 0 Å². The average molecular weight is 425 g/mol. The molecule has 0 aliphatic heterocycles. The second-order valence-electron chi connectivity index (χ2n) is 6.57. The van der Waals surface area contributed by atoms with Gasteiger partial charge in [-0.05, 0) is 0 Å². The molecule has 0 aliphatic rings. The predicted molar refractivity (Wildman–Crippen MR) is 93.4 cm³/mol. The summed E-state index contributed by atoms with van der Waals surface area (Å²) in [6, 6.07) is 8.75. The average Bonchev–Trinajstić information content (AvgIpc) is 2.49. The van der Waals surface area contributed by atoms with Gasteiger partial charge in [-0.15, -0.1) is 0 Å². The van der Waals surface area contributed by atoms with Gasteiger partial charge >= 0.3 is 141 Å². The zero-order chi connectivity index (χ0) is 17.2. The standard InChI is InChI=1S/C15H14FO3.3CH3.Sn/c1-18-14-7-6-10(9-15(14)19-2)8-11-12(16)4-3-5-13(11)17;;;;/h4-7,9,17H,8H2,1-2H3;3*1H3;. The molecule has 0 saturated heterocycles. The third-order valence-corrected chi connectivity index (χ3v) is 9.63. The summed E-state index contributed by atoms with van der Waals surface area (Å²) in [6.07, 6.45) is 0.304. The molecular weight excluding hydrogens is 402 g/mol. The van der Waals surface area contributed by atoms with Crippen LogP contribution in [0.4, 0.5) is 4.39 Å². The van der Waals surface area contributed by atoms with Crippen molar-refractivity contribution in [3.8, 4) is 17.2 Å². The van der Waals surface area contributed by atoms with E-state index in [4.69, 9.17) is 9.47 Å². The molecule has 0 radical (unpaired) electrons. The zero-order valence-corrected chi connectivity index (χ0v) is 17.1. The molecule has 2 aromatic rings. The molecule has 1 N–H and O–H groups in total. The molecule has 3 nitrogen and oxygen atoms in total. The van der Waals surface area contributed by atoms with Gasteiger partial charge in [0.1, 0.15) is 0 Å². The summed E-state index contributed by atoms with van der Waals surface area (Å²) in [6.45, 7) is 0. The summed E-state index contributed by atoms with van der Waals surface area (Å²) in [4.78, 5) is 6.57. The molecule has 5 heteroatoms. The number of phenols is 1. The first kappa shape index (κ1) is 17.9. The number of hydrogen-bond donors (Lipinski definition) is 1. The van der Waals surface area contributed by atoms with E-state index in [1.54, 1.807) is 38.5 Å². The molecule has 124 valence electrons. The van der Waals surface area contributed by atoms with E-state index in [1.165, 1.54) is 0 Å². The fourth-order valence-electron chi connectivity index (χ4n) is 2.42. The summed E-state index contributed by atoms with van der Waals surface area (Å²) in [5, 5.41) is 10.3. The maximum atomic E-state index is 14.5. The Bertz CT molecular complexity index is 685. The number of rotatable bonds is 5. The molecule has 0 fully saturated rings. The Morgan fingerprint density at radius 3 is 2.17 bits per heavy atom. The van der Waals surface area contributed by atoms with E-state index in [9.17, 15) is 9.50 Å². The number of aromatic hydroxyl groups is 1. The first-order valence-electron chi connectivity index (χ1n) is 7.49. The number of methoxy groups -OCH3 is 2. The van der Waals surface area contributed by atoms with E-state index in [-0.39, 0.29) is 11.6 Å². The Labute approximate surface area is 140 Å². The van der Waals surface area contributed by atoms with Gasteiger partial charge in [0, 0.05) is 0 Å². The summed E-state index contributed by atoms with van der Waals surface area (Å²) in [5.41, 5.74) is 1.17. The number of benzene rings is 2. The molecule has 2 rings (SSSR count). The third kappa shape index (κ3) is 4.10. The van der Waals surface area contributed by atoms with Crippen molar-refractivity contribution in [3.63, 3.8) is 0 Å². The number of halogens is 1. The van der Waals surface area contributed by atoms with Gasteiger partial charge in [0.2, 0.25) is 0 Å². The van der Waals surface area contributed by atoms with Crippen LogP contribution < -0.4 is 13.1 Å². The minimum absolute atomic E-state index is 0.0291. The molecular formula is C18H23FO3Sn. The Morgan fingerprint density at radius 2 is 1.65 bits per heavy atom. The molecule has 0 aliphatic carbocycles. The van der Waals surface area contributed by atoms with E-state index in [0.29, 0.717) is 23.5 Å². The van der Waals surface area contributed by atoms with Crippen LogP contribution >= 0.6 is 0 Å². The van der Waals surface area contributed by atoms with E-state index >= 15 is 0 Å². The molecule has 0 saturated carbocycles. The summed E-state index contributed by atoms with van der Waals surface area (Å²) < 4.78 is 25.9. The van der Waals surface area contributed by atoms with Crippen molar-refractivity contribution in [2.75, 3.05) is 14.2 Å². The Balaban J connectivity index is 2.37. The normalized spacial score (nSPS) is 11.4. The van der Waals surface area contributed by atoms with Gasteiger partial charge in [0.25, 0.3) is 0 Å².